The van der Waals surface area contributed by atoms with Crippen LogP contribution in [0.2, 0.25) is 5.02 Å². The summed E-state index contributed by atoms with van der Waals surface area (Å²) in [5.74, 6) is 2.81. The summed E-state index contributed by atoms with van der Waals surface area (Å²) in [6.07, 6.45) is 5.12. The number of benzene rings is 2. The molecule has 21 heavy (non-hydrogen) atoms. The van der Waals surface area contributed by atoms with Crippen LogP contribution < -0.4 is 10.1 Å². The van der Waals surface area contributed by atoms with Gasteiger partial charge in [-0.05, 0) is 48.9 Å². The van der Waals surface area contributed by atoms with E-state index in [0.717, 1.165) is 5.56 Å². The van der Waals surface area contributed by atoms with Crippen LogP contribution in [0.5, 0.6) is 5.75 Å². The van der Waals surface area contributed by atoms with E-state index in [2.05, 4.69) is 11.2 Å². The molecule has 0 heterocycles. The Bertz CT molecular complexity index is 687. The van der Waals surface area contributed by atoms with Crippen molar-refractivity contribution in [1.29, 1.82) is 0 Å². The third-order valence-electron chi connectivity index (χ3n) is 2.89. The van der Waals surface area contributed by atoms with Gasteiger partial charge in [-0.25, -0.2) is 0 Å². The van der Waals surface area contributed by atoms with Crippen molar-refractivity contribution in [2.45, 2.75) is 6.92 Å². The first-order valence-corrected chi connectivity index (χ1v) is 6.72. The zero-order chi connectivity index (χ0) is 15.2. The lowest BCUT2D eigenvalue weighted by atomic mass is 10.1. The minimum atomic E-state index is -0.205. The number of carbonyl (C=O) groups is 1. The zero-order valence-corrected chi connectivity index (χ0v) is 12.3. The molecule has 3 nitrogen and oxygen atoms in total. The number of amides is 1. The summed E-state index contributed by atoms with van der Waals surface area (Å²) in [4.78, 5) is 12.2. The molecule has 0 spiro atoms. The number of anilines is 1. The van der Waals surface area contributed by atoms with E-state index in [1.54, 1.807) is 36.4 Å². The van der Waals surface area contributed by atoms with Gasteiger partial charge in [-0.3, -0.25) is 4.79 Å². The number of hydrogen-bond donors (Lipinski definition) is 1. The van der Waals surface area contributed by atoms with Crippen molar-refractivity contribution in [2.75, 3.05) is 11.9 Å². The van der Waals surface area contributed by atoms with E-state index < -0.39 is 0 Å². The van der Waals surface area contributed by atoms with Gasteiger partial charge in [0.15, 0.2) is 0 Å². The van der Waals surface area contributed by atoms with Gasteiger partial charge >= 0.3 is 0 Å². The molecule has 0 atom stereocenters. The first kappa shape index (κ1) is 15.0. The second-order valence-electron chi connectivity index (χ2n) is 4.43. The summed E-state index contributed by atoms with van der Waals surface area (Å²) in [6, 6.07) is 12.1. The van der Waals surface area contributed by atoms with Gasteiger partial charge in [0.1, 0.15) is 12.4 Å². The highest BCUT2D eigenvalue weighted by atomic mass is 35.5. The minimum absolute atomic E-state index is 0.202. The maximum atomic E-state index is 12.2. The molecule has 0 radical (unpaired) electrons. The number of halogens is 1. The fourth-order valence-electron chi connectivity index (χ4n) is 1.75. The fourth-order valence-corrected chi connectivity index (χ4v) is 1.92. The standard InChI is InChI=1S/C17H14ClNO2/c1-3-10-21-15-8-5-13(6-9-15)17(20)19-16-11-14(18)7-4-12(16)2/h1,4-9,11H,10H2,2H3,(H,19,20). The molecule has 1 N–H and O–H groups in total. The molecule has 2 rings (SSSR count). The van der Waals surface area contributed by atoms with E-state index in [1.165, 1.54) is 0 Å². The maximum absolute atomic E-state index is 12.2. The normalized spacial score (nSPS) is 9.76. The van der Waals surface area contributed by atoms with Crippen LogP contribution in [-0.4, -0.2) is 12.5 Å². The Morgan fingerprint density at radius 2 is 2.00 bits per heavy atom. The summed E-state index contributed by atoms with van der Waals surface area (Å²) >= 11 is 5.93. The molecule has 2 aromatic carbocycles. The monoisotopic (exact) mass is 299 g/mol. The Morgan fingerprint density at radius 1 is 1.29 bits per heavy atom. The summed E-state index contributed by atoms with van der Waals surface area (Å²) < 4.78 is 5.26. The van der Waals surface area contributed by atoms with E-state index in [-0.39, 0.29) is 12.5 Å². The van der Waals surface area contributed by atoms with Crippen molar-refractivity contribution in [1.82, 2.24) is 0 Å². The molecule has 0 saturated heterocycles. The average molecular weight is 300 g/mol. The number of hydrogen-bond acceptors (Lipinski definition) is 2. The second-order valence-corrected chi connectivity index (χ2v) is 4.87. The number of aryl methyl sites for hydroxylation is 1. The summed E-state index contributed by atoms with van der Waals surface area (Å²) in [6.45, 7) is 2.11. The van der Waals surface area contributed by atoms with Crippen LogP contribution in [-0.2, 0) is 0 Å². The molecule has 1 amide bonds. The van der Waals surface area contributed by atoms with Crippen LogP contribution in [0.4, 0.5) is 5.69 Å². The smallest absolute Gasteiger partial charge is 0.255 e. The minimum Gasteiger partial charge on any atom is -0.481 e. The largest absolute Gasteiger partial charge is 0.481 e. The molecule has 0 aliphatic carbocycles. The molecular weight excluding hydrogens is 286 g/mol. The van der Waals surface area contributed by atoms with Gasteiger partial charge in [-0.1, -0.05) is 23.6 Å². The predicted molar refractivity (Wildman–Crippen MR) is 84.9 cm³/mol. The number of ether oxygens (including phenoxy) is 1. The van der Waals surface area contributed by atoms with Crippen molar-refractivity contribution in [3.8, 4) is 18.1 Å². The lowest BCUT2D eigenvalue weighted by molar-refractivity contribution is 0.102. The Hall–Kier alpha value is -2.44. The quantitative estimate of drug-likeness (QED) is 0.869. The number of terminal acetylenes is 1. The first-order valence-electron chi connectivity index (χ1n) is 6.34. The molecule has 0 unspecified atom stereocenters. The molecular formula is C17H14ClNO2. The summed E-state index contributed by atoms with van der Waals surface area (Å²) in [5.41, 5.74) is 2.17. The highest BCUT2D eigenvalue weighted by molar-refractivity contribution is 6.31. The Labute approximate surface area is 128 Å². The number of carbonyl (C=O) groups excluding carboxylic acids is 1. The SMILES string of the molecule is C#CCOc1ccc(C(=O)Nc2cc(Cl)ccc2C)cc1. The maximum Gasteiger partial charge on any atom is 0.255 e. The van der Waals surface area contributed by atoms with E-state index >= 15 is 0 Å². The topological polar surface area (TPSA) is 38.3 Å². The van der Waals surface area contributed by atoms with Crippen LogP contribution in [0.25, 0.3) is 0 Å². The second kappa shape index (κ2) is 6.83. The summed E-state index contributed by atoms with van der Waals surface area (Å²) in [7, 11) is 0. The van der Waals surface area contributed by atoms with Gasteiger partial charge in [0.05, 0.1) is 0 Å². The van der Waals surface area contributed by atoms with Gasteiger partial charge in [0, 0.05) is 16.3 Å². The van der Waals surface area contributed by atoms with Gasteiger partial charge < -0.3 is 10.1 Å². The Balaban J connectivity index is 2.10. The third kappa shape index (κ3) is 4.01. The van der Waals surface area contributed by atoms with Crippen molar-refractivity contribution < 1.29 is 9.53 Å². The van der Waals surface area contributed by atoms with E-state index in [9.17, 15) is 4.79 Å². The van der Waals surface area contributed by atoms with Crippen LogP contribution >= 0.6 is 11.6 Å². The van der Waals surface area contributed by atoms with Crippen molar-refractivity contribution >= 4 is 23.2 Å². The molecule has 0 fully saturated rings. The highest BCUT2D eigenvalue weighted by Gasteiger charge is 2.08. The molecule has 0 saturated carbocycles. The van der Waals surface area contributed by atoms with Crippen molar-refractivity contribution in [3.05, 3.63) is 58.6 Å². The fraction of sp³-hybridized carbons (Fsp3) is 0.118. The van der Waals surface area contributed by atoms with Crippen LogP contribution in [0, 0.1) is 19.3 Å². The number of nitrogens with one attached hydrogen (secondary N) is 1. The Morgan fingerprint density at radius 3 is 2.67 bits per heavy atom. The van der Waals surface area contributed by atoms with Crippen LogP contribution in [0.15, 0.2) is 42.5 Å². The first-order chi connectivity index (χ1) is 10.1. The molecule has 106 valence electrons. The molecule has 2 aromatic rings. The third-order valence-corrected chi connectivity index (χ3v) is 3.12. The lowest BCUT2D eigenvalue weighted by Gasteiger charge is -2.09. The Kier molecular flexibility index (Phi) is 4.86. The van der Waals surface area contributed by atoms with Crippen molar-refractivity contribution in [2.24, 2.45) is 0 Å². The zero-order valence-electron chi connectivity index (χ0n) is 11.5. The molecule has 0 aliphatic rings. The lowest BCUT2D eigenvalue weighted by Crippen LogP contribution is -2.12. The van der Waals surface area contributed by atoms with Crippen LogP contribution in [0.1, 0.15) is 15.9 Å². The van der Waals surface area contributed by atoms with Gasteiger partial charge in [0.2, 0.25) is 0 Å². The van der Waals surface area contributed by atoms with Crippen LogP contribution in [0.3, 0.4) is 0 Å². The van der Waals surface area contributed by atoms with Crippen molar-refractivity contribution in [3.63, 3.8) is 0 Å². The average Bonchev–Trinajstić information content (AvgIpc) is 2.49. The summed E-state index contributed by atoms with van der Waals surface area (Å²) in [5, 5.41) is 3.41. The molecule has 0 bridgehead atoms. The van der Waals surface area contributed by atoms with E-state index in [1.807, 2.05) is 13.0 Å². The number of rotatable bonds is 4. The molecule has 0 aromatic heterocycles. The van der Waals surface area contributed by atoms with Gasteiger partial charge in [0.25, 0.3) is 5.91 Å². The highest BCUT2D eigenvalue weighted by Crippen LogP contribution is 2.21. The molecule has 0 aliphatic heterocycles. The van der Waals surface area contributed by atoms with E-state index in [0.29, 0.717) is 22.0 Å². The van der Waals surface area contributed by atoms with Gasteiger partial charge in [-0.2, -0.15) is 0 Å². The molecule has 4 heteroatoms. The predicted octanol–water partition coefficient (Wildman–Crippen LogP) is 3.91. The van der Waals surface area contributed by atoms with Gasteiger partial charge in [-0.15, -0.1) is 6.42 Å². The van der Waals surface area contributed by atoms with E-state index in [4.69, 9.17) is 22.8 Å².